The first-order chi connectivity index (χ1) is 4.86. The van der Waals surface area contributed by atoms with Crippen molar-refractivity contribution < 1.29 is 4.79 Å². The summed E-state index contributed by atoms with van der Waals surface area (Å²) in [5.41, 5.74) is 5.70. The van der Waals surface area contributed by atoms with Crippen LogP contribution in [0.25, 0.3) is 0 Å². The first-order valence-corrected chi connectivity index (χ1v) is 3.06. The Morgan fingerprint density at radius 3 is 2.67 bits per heavy atom. The summed E-state index contributed by atoms with van der Waals surface area (Å²) < 4.78 is 0. The highest BCUT2D eigenvalue weighted by atomic mass is 35.5. The molecule has 70 valence electrons. The number of H-pyrrole nitrogens is 1. The van der Waals surface area contributed by atoms with Gasteiger partial charge in [0.15, 0.2) is 6.29 Å². The molecule has 1 rings (SSSR count). The van der Waals surface area contributed by atoms with Crippen LogP contribution in [-0.2, 0) is 6.42 Å². The van der Waals surface area contributed by atoms with Gasteiger partial charge in [0.2, 0.25) is 0 Å². The third-order valence-electron chi connectivity index (χ3n) is 1.15. The molecule has 0 aliphatic rings. The number of aromatic nitrogens is 2. The van der Waals surface area contributed by atoms with Crippen molar-refractivity contribution in [3.8, 4) is 0 Å². The molecule has 0 spiro atoms. The number of halogens is 2. The number of carbonyl (C=O) groups is 1. The first-order valence-electron chi connectivity index (χ1n) is 3.06. The van der Waals surface area contributed by atoms with E-state index in [0.717, 1.165) is 5.82 Å². The molecule has 0 saturated heterocycles. The SMILES string of the molecule is Cl.Cl.NCCc1nc(C=O)c[nH]1. The van der Waals surface area contributed by atoms with Gasteiger partial charge >= 0.3 is 0 Å². The van der Waals surface area contributed by atoms with Crippen LogP contribution in [0.1, 0.15) is 16.3 Å². The number of hydrogen-bond donors (Lipinski definition) is 2. The highest BCUT2D eigenvalue weighted by Gasteiger charge is 1.96. The molecule has 1 heterocycles. The van der Waals surface area contributed by atoms with Crippen molar-refractivity contribution in [3.63, 3.8) is 0 Å². The van der Waals surface area contributed by atoms with Crippen molar-refractivity contribution in [1.29, 1.82) is 0 Å². The summed E-state index contributed by atoms with van der Waals surface area (Å²) in [6.07, 6.45) is 2.96. The van der Waals surface area contributed by atoms with E-state index in [1.165, 1.54) is 0 Å². The molecular weight excluding hydrogens is 201 g/mol. The fourth-order valence-corrected chi connectivity index (χ4v) is 0.703. The number of nitrogens with two attached hydrogens (primary N) is 1. The molecule has 6 heteroatoms. The molecule has 0 aromatic carbocycles. The molecular formula is C6H11Cl2N3O. The minimum Gasteiger partial charge on any atom is -0.348 e. The van der Waals surface area contributed by atoms with Crippen LogP contribution in [0.15, 0.2) is 6.20 Å². The second-order valence-electron chi connectivity index (χ2n) is 1.93. The van der Waals surface area contributed by atoms with Crippen LogP contribution < -0.4 is 5.73 Å². The van der Waals surface area contributed by atoms with Crippen LogP contribution in [0.3, 0.4) is 0 Å². The smallest absolute Gasteiger partial charge is 0.169 e. The van der Waals surface area contributed by atoms with Crippen molar-refractivity contribution in [2.24, 2.45) is 5.73 Å². The summed E-state index contributed by atoms with van der Waals surface area (Å²) in [5.74, 6) is 0.768. The summed E-state index contributed by atoms with van der Waals surface area (Å²) in [5, 5.41) is 0. The van der Waals surface area contributed by atoms with Crippen LogP contribution in [0, 0.1) is 0 Å². The molecule has 0 radical (unpaired) electrons. The predicted octanol–water partition coefficient (Wildman–Crippen LogP) is 0.567. The maximum absolute atomic E-state index is 10.1. The van der Waals surface area contributed by atoms with Crippen molar-refractivity contribution in [2.45, 2.75) is 6.42 Å². The van der Waals surface area contributed by atoms with Crippen molar-refractivity contribution in [3.05, 3.63) is 17.7 Å². The minimum absolute atomic E-state index is 0. The number of nitrogens with one attached hydrogen (secondary N) is 1. The van der Waals surface area contributed by atoms with Gasteiger partial charge in [0, 0.05) is 12.6 Å². The number of hydrogen-bond acceptors (Lipinski definition) is 3. The molecule has 3 N–H and O–H groups in total. The van der Waals surface area contributed by atoms with Gasteiger partial charge < -0.3 is 10.7 Å². The van der Waals surface area contributed by atoms with E-state index in [2.05, 4.69) is 9.97 Å². The van der Waals surface area contributed by atoms with E-state index in [4.69, 9.17) is 5.73 Å². The lowest BCUT2D eigenvalue weighted by atomic mass is 10.4. The van der Waals surface area contributed by atoms with Crippen LogP contribution in [0.5, 0.6) is 0 Å². The van der Waals surface area contributed by atoms with Crippen molar-refractivity contribution in [2.75, 3.05) is 6.54 Å². The summed E-state index contributed by atoms with van der Waals surface area (Å²) >= 11 is 0. The number of carbonyl (C=O) groups excluding carboxylic acids is 1. The average molecular weight is 212 g/mol. The highest BCUT2D eigenvalue weighted by molar-refractivity contribution is 5.85. The van der Waals surface area contributed by atoms with Crippen LogP contribution in [0.4, 0.5) is 0 Å². The molecule has 0 aliphatic carbocycles. The Morgan fingerprint density at radius 1 is 1.58 bits per heavy atom. The van der Waals surface area contributed by atoms with E-state index in [1.807, 2.05) is 0 Å². The van der Waals surface area contributed by atoms with Crippen molar-refractivity contribution in [1.82, 2.24) is 9.97 Å². The van der Waals surface area contributed by atoms with Gasteiger partial charge in [-0.1, -0.05) is 0 Å². The van der Waals surface area contributed by atoms with Crippen LogP contribution in [-0.4, -0.2) is 22.8 Å². The van der Waals surface area contributed by atoms with E-state index in [-0.39, 0.29) is 24.8 Å². The van der Waals surface area contributed by atoms with Gasteiger partial charge in [0.05, 0.1) is 0 Å². The van der Waals surface area contributed by atoms with E-state index in [9.17, 15) is 4.79 Å². The van der Waals surface area contributed by atoms with Gasteiger partial charge in [0.1, 0.15) is 11.5 Å². The number of nitrogens with zero attached hydrogens (tertiary/aromatic N) is 1. The van der Waals surface area contributed by atoms with Crippen molar-refractivity contribution >= 4 is 31.1 Å². The largest absolute Gasteiger partial charge is 0.348 e. The third kappa shape index (κ3) is 3.71. The first kappa shape index (κ1) is 14.0. The topological polar surface area (TPSA) is 71.8 Å². The predicted molar refractivity (Wildman–Crippen MR) is 51.2 cm³/mol. The number of aromatic amines is 1. The lowest BCUT2D eigenvalue weighted by molar-refractivity contribution is 0.111. The lowest BCUT2D eigenvalue weighted by Crippen LogP contribution is -2.03. The maximum atomic E-state index is 10.1. The number of imidazole rings is 1. The Bertz CT molecular complexity index is 226. The van der Waals surface area contributed by atoms with Gasteiger partial charge in [-0.15, -0.1) is 24.8 Å². The molecule has 0 bridgehead atoms. The summed E-state index contributed by atoms with van der Waals surface area (Å²) in [6.45, 7) is 0.547. The van der Waals surface area contributed by atoms with E-state index in [1.54, 1.807) is 6.20 Å². The lowest BCUT2D eigenvalue weighted by Gasteiger charge is -1.86. The maximum Gasteiger partial charge on any atom is 0.169 e. The molecule has 0 unspecified atom stereocenters. The molecule has 1 aromatic rings. The molecule has 12 heavy (non-hydrogen) atoms. The van der Waals surface area contributed by atoms with Gasteiger partial charge in [-0.2, -0.15) is 0 Å². The highest BCUT2D eigenvalue weighted by Crippen LogP contribution is 1.92. The molecule has 0 fully saturated rings. The molecule has 0 atom stereocenters. The second-order valence-corrected chi connectivity index (χ2v) is 1.93. The zero-order valence-corrected chi connectivity index (χ0v) is 7.95. The number of aldehydes is 1. The van der Waals surface area contributed by atoms with Crippen LogP contribution >= 0.6 is 24.8 Å². The fraction of sp³-hybridized carbons (Fsp3) is 0.333. The Morgan fingerprint density at radius 2 is 2.25 bits per heavy atom. The summed E-state index contributed by atoms with van der Waals surface area (Å²) in [4.78, 5) is 16.9. The molecule has 1 aromatic heterocycles. The minimum atomic E-state index is 0. The zero-order chi connectivity index (χ0) is 7.40. The Hall–Kier alpha value is -0.580. The summed E-state index contributed by atoms with van der Waals surface area (Å²) in [6, 6.07) is 0. The van der Waals surface area contributed by atoms with E-state index in [0.29, 0.717) is 24.9 Å². The zero-order valence-electron chi connectivity index (χ0n) is 6.32. The monoisotopic (exact) mass is 211 g/mol. The third-order valence-corrected chi connectivity index (χ3v) is 1.15. The Balaban J connectivity index is 0. The fourth-order valence-electron chi connectivity index (χ4n) is 0.703. The number of rotatable bonds is 3. The van der Waals surface area contributed by atoms with Gasteiger partial charge in [-0.25, -0.2) is 4.98 Å². The normalized spacial score (nSPS) is 8.08. The Labute approximate surface area is 82.8 Å². The van der Waals surface area contributed by atoms with Gasteiger partial charge in [0.25, 0.3) is 0 Å². The van der Waals surface area contributed by atoms with Crippen LogP contribution in [0.2, 0.25) is 0 Å². The van der Waals surface area contributed by atoms with E-state index < -0.39 is 0 Å². The molecule has 0 saturated carbocycles. The van der Waals surface area contributed by atoms with E-state index >= 15 is 0 Å². The molecule has 0 aliphatic heterocycles. The summed E-state index contributed by atoms with van der Waals surface area (Å²) in [7, 11) is 0. The average Bonchev–Trinajstić information content (AvgIpc) is 2.37. The quantitative estimate of drug-likeness (QED) is 0.719. The van der Waals surface area contributed by atoms with Gasteiger partial charge in [-0.05, 0) is 6.54 Å². The molecule has 4 nitrogen and oxygen atoms in total. The second kappa shape index (κ2) is 7.09. The standard InChI is InChI=1S/C6H9N3O.2ClH/c7-2-1-6-8-3-5(4-10)9-6;;/h3-4H,1-2,7H2,(H,8,9);2*1H. The molecule has 0 amide bonds. The Kier molecular flexibility index (Phi) is 8.26. The van der Waals surface area contributed by atoms with Gasteiger partial charge in [-0.3, -0.25) is 4.79 Å².